The van der Waals surface area contributed by atoms with Crippen LogP contribution in [-0.2, 0) is 28.7 Å². The molecule has 0 rings (SSSR count). The maximum atomic E-state index is 12.2. The molecule has 1 N–H and O–H groups in total. The number of nitrogens with zero attached hydrogens (tertiary/aromatic N) is 1. The topological polar surface area (TPSA) is 102 Å². The fourth-order valence-electron chi connectivity index (χ4n) is 2.65. The first-order valence-electron chi connectivity index (χ1n) is 9.95. The van der Waals surface area contributed by atoms with Crippen molar-refractivity contribution >= 4 is 23.8 Å². The average molecular weight is 413 g/mol. The molecule has 0 saturated carbocycles. The lowest BCUT2D eigenvalue weighted by Gasteiger charge is -2.23. The molecule has 0 aliphatic rings. The SMILES string of the molecule is C=CC(=O)NC(C)(C)C(=O)OCCCCOC(=O)C(CC)CC(C)C(=O)N(C)C. The van der Waals surface area contributed by atoms with Gasteiger partial charge >= 0.3 is 11.9 Å². The fraction of sp³-hybridized carbons (Fsp3) is 0.714. The van der Waals surface area contributed by atoms with E-state index in [0.717, 1.165) is 6.08 Å². The van der Waals surface area contributed by atoms with Crippen LogP contribution in [0.15, 0.2) is 12.7 Å². The van der Waals surface area contributed by atoms with Crippen molar-refractivity contribution in [1.82, 2.24) is 10.2 Å². The van der Waals surface area contributed by atoms with Gasteiger partial charge in [-0.05, 0) is 45.6 Å². The first kappa shape index (κ1) is 26.6. The van der Waals surface area contributed by atoms with Gasteiger partial charge in [0.25, 0.3) is 0 Å². The smallest absolute Gasteiger partial charge is 0.331 e. The van der Waals surface area contributed by atoms with Gasteiger partial charge in [-0.3, -0.25) is 14.4 Å². The van der Waals surface area contributed by atoms with Crippen LogP contribution in [0.1, 0.15) is 53.4 Å². The van der Waals surface area contributed by atoms with Crippen LogP contribution in [0.3, 0.4) is 0 Å². The van der Waals surface area contributed by atoms with E-state index in [1.807, 2.05) is 13.8 Å². The van der Waals surface area contributed by atoms with Crippen LogP contribution < -0.4 is 5.32 Å². The molecule has 2 amide bonds. The van der Waals surface area contributed by atoms with Gasteiger partial charge in [-0.2, -0.15) is 0 Å². The largest absolute Gasteiger partial charge is 0.465 e. The third kappa shape index (κ3) is 10.1. The molecule has 0 aromatic heterocycles. The van der Waals surface area contributed by atoms with Crippen LogP contribution in [0.25, 0.3) is 0 Å². The van der Waals surface area contributed by atoms with Gasteiger partial charge in [0.05, 0.1) is 19.1 Å². The lowest BCUT2D eigenvalue weighted by Crippen LogP contribution is -2.50. The van der Waals surface area contributed by atoms with Crippen LogP contribution >= 0.6 is 0 Å². The summed E-state index contributed by atoms with van der Waals surface area (Å²) in [5.74, 6) is -1.88. The molecule has 0 spiro atoms. The highest BCUT2D eigenvalue weighted by Crippen LogP contribution is 2.19. The maximum absolute atomic E-state index is 12.2. The van der Waals surface area contributed by atoms with E-state index in [9.17, 15) is 19.2 Å². The van der Waals surface area contributed by atoms with Gasteiger partial charge in [0.15, 0.2) is 0 Å². The minimum atomic E-state index is -1.15. The van der Waals surface area contributed by atoms with E-state index in [1.165, 1.54) is 4.90 Å². The average Bonchev–Trinajstić information content (AvgIpc) is 2.66. The zero-order valence-electron chi connectivity index (χ0n) is 18.6. The Kier molecular flexibility index (Phi) is 11.9. The zero-order valence-corrected chi connectivity index (χ0v) is 18.6. The first-order chi connectivity index (χ1) is 13.5. The minimum Gasteiger partial charge on any atom is -0.465 e. The van der Waals surface area contributed by atoms with Crippen molar-refractivity contribution in [1.29, 1.82) is 0 Å². The van der Waals surface area contributed by atoms with E-state index in [2.05, 4.69) is 11.9 Å². The third-order valence-electron chi connectivity index (χ3n) is 4.47. The van der Waals surface area contributed by atoms with E-state index in [0.29, 0.717) is 25.7 Å². The van der Waals surface area contributed by atoms with Crippen molar-refractivity contribution in [2.24, 2.45) is 11.8 Å². The molecular formula is C21H36N2O6. The highest BCUT2D eigenvalue weighted by atomic mass is 16.5. The summed E-state index contributed by atoms with van der Waals surface area (Å²) in [4.78, 5) is 49.0. The molecule has 0 saturated heterocycles. The van der Waals surface area contributed by atoms with Crippen LogP contribution in [0, 0.1) is 11.8 Å². The van der Waals surface area contributed by atoms with Gasteiger partial charge in [0.1, 0.15) is 5.54 Å². The third-order valence-corrected chi connectivity index (χ3v) is 4.47. The van der Waals surface area contributed by atoms with Crippen LogP contribution in [-0.4, -0.2) is 61.5 Å². The van der Waals surface area contributed by atoms with E-state index < -0.39 is 17.4 Å². The monoisotopic (exact) mass is 412 g/mol. The second kappa shape index (κ2) is 13.0. The predicted octanol–water partition coefficient (Wildman–Crippen LogP) is 2.07. The summed E-state index contributed by atoms with van der Waals surface area (Å²) in [5, 5.41) is 2.49. The number of esters is 2. The Hall–Kier alpha value is -2.38. The molecule has 0 aliphatic heterocycles. The molecule has 0 aromatic carbocycles. The number of nitrogens with one attached hydrogen (secondary N) is 1. The molecule has 2 unspecified atom stereocenters. The van der Waals surface area contributed by atoms with Gasteiger partial charge < -0.3 is 19.7 Å². The van der Waals surface area contributed by atoms with E-state index in [-0.39, 0.29) is 36.9 Å². The van der Waals surface area contributed by atoms with Gasteiger partial charge in [0.2, 0.25) is 11.8 Å². The molecule has 8 heteroatoms. The molecule has 0 aromatic rings. The zero-order chi connectivity index (χ0) is 22.6. The number of amides is 2. The van der Waals surface area contributed by atoms with Gasteiger partial charge in [-0.25, -0.2) is 4.79 Å². The Morgan fingerprint density at radius 1 is 1.10 bits per heavy atom. The van der Waals surface area contributed by atoms with Gasteiger partial charge in [0, 0.05) is 20.0 Å². The highest BCUT2D eigenvalue weighted by Gasteiger charge is 2.30. The molecule has 166 valence electrons. The second-order valence-electron chi connectivity index (χ2n) is 7.80. The molecule has 0 bridgehead atoms. The van der Waals surface area contributed by atoms with Crippen molar-refractivity contribution in [2.75, 3.05) is 27.3 Å². The number of carbonyl (C=O) groups is 4. The Bertz CT molecular complexity index is 586. The van der Waals surface area contributed by atoms with Crippen molar-refractivity contribution in [3.63, 3.8) is 0 Å². The Morgan fingerprint density at radius 2 is 1.66 bits per heavy atom. The number of carbonyl (C=O) groups excluding carboxylic acids is 4. The Labute approximate surface area is 174 Å². The lowest BCUT2D eigenvalue weighted by molar-refractivity contribution is -0.153. The number of ether oxygens (including phenoxy) is 2. The second-order valence-corrected chi connectivity index (χ2v) is 7.80. The molecule has 0 aliphatic carbocycles. The van der Waals surface area contributed by atoms with E-state index in [4.69, 9.17) is 9.47 Å². The van der Waals surface area contributed by atoms with E-state index in [1.54, 1.807) is 27.9 Å². The summed E-state index contributed by atoms with van der Waals surface area (Å²) in [7, 11) is 3.39. The molecular weight excluding hydrogens is 376 g/mol. The minimum absolute atomic E-state index is 0.00901. The fourth-order valence-corrected chi connectivity index (χ4v) is 2.65. The summed E-state index contributed by atoms with van der Waals surface area (Å²) >= 11 is 0. The molecule has 0 heterocycles. The molecule has 0 fully saturated rings. The van der Waals surface area contributed by atoms with Crippen LogP contribution in [0.5, 0.6) is 0 Å². The molecule has 2 atom stereocenters. The number of hydrogen-bond acceptors (Lipinski definition) is 6. The highest BCUT2D eigenvalue weighted by molar-refractivity contribution is 5.92. The van der Waals surface area contributed by atoms with Crippen molar-refractivity contribution < 1.29 is 28.7 Å². The lowest BCUT2D eigenvalue weighted by atomic mass is 9.93. The normalized spacial score (nSPS) is 13.0. The number of rotatable bonds is 13. The first-order valence-corrected chi connectivity index (χ1v) is 9.95. The Morgan fingerprint density at radius 3 is 2.14 bits per heavy atom. The van der Waals surface area contributed by atoms with Crippen molar-refractivity contribution in [3.8, 4) is 0 Å². The number of unbranched alkanes of at least 4 members (excludes halogenated alkanes) is 1. The van der Waals surface area contributed by atoms with Crippen molar-refractivity contribution in [3.05, 3.63) is 12.7 Å². The van der Waals surface area contributed by atoms with Crippen molar-refractivity contribution in [2.45, 2.75) is 58.9 Å². The van der Waals surface area contributed by atoms with Gasteiger partial charge in [-0.1, -0.05) is 20.4 Å². The van der Waals surface area contributed by atoms with E-state index >= 15 is 0 Å². The quantitative estimate of drug-likeness (QED) is 0.282. The van der Waals surface area contributed by atoms with Crippen LogP contribution in [0.4, 0.5) is 0 Å². The molecule has 8 nitrogen and oxygen atoms in total. The summed E-state index contributed by atoms with van der Waals surface area (Å²) < 4.78 is 10.5. The van der Waals surface area contributed by atoms with Crippen LogP contribution in [0.2, 0.25) is 0 Å². The summed E-state index contributed by atoms with van der Waals surface area (Å²) in [6, 6.07) is 0. The molecule has 29 heavy (non-hydrogen) atoms. The number of hydrogen-bond donors (Lipinski definition) is 1. The maximum Gasteiger partial charge on any atom is 0.331 e. The predicted molar refractivity (Wildman–Crippen MR) is 110 cm³/mol. The summed E-state index contributed by atoms with van der Waals surface area (Å²) in [5.41, 5.74) is -1.15. The van der Waals surface area contributed by atoms with Gasteiger partial charge in [-0.15, -0.1) is 0 Å². The standard InChI is InChI=1S/C21H36N2O6/c1-8-16(14-15(3)18(25)23(6)7)19(26)28-12-10-11-13-29-20(27)21(4,5)22-17(24)9-2/h9,15-16H,2,8,10-14H2,1,3-7H3,(H,22,24). The Balaban J connectivity index is 4.19. The summed E-state index contributed by atoms with van der Waals surface area (Å²) in [6.07, 6.45) is 3.21. The molecule has 0 radical (unpaired) electrons. The summed E-state index contributed by atoms with van der Waals surface area (Å²) in [6.45, 7) is 10.5.